The van der Waals surface area contributed by atoms with Crippen LogP contribution in [0, 0.1) is 0 Å². The topological polar surface area (TPSA) is 65.5 Å². The summed E-state index contributed by atoms with van der Waals surface area (Å²) in [6.07, 6.45) is 4.31. The molecule has 1 aromatic rings. The first-order chi connectivity index (χ1) is 6.75. The van der Waals surface area contributed by atoms with Crippen LogP contribution in [0.3, 0.4) is 0 Å². The van der Waals surface area contributed by atoms with Gasteiger partial charge in [-0.25, -0.2) is 0 Å². The third-order valence-electron chi connectivity index (χ3n) is 2.01. The van der Waals surface area contributed by atoms with Gasteiger partial charge in [0.25, 0.3) is 0 Å². The van der Waals surface area contributed by atoms with Crippen molar-refractivity contribution in [1.29, 1.82) is 0 Å². The highest BCUT2D eigenvalue weighted by molar-refractivity contribution is 5.99. The first-order valence-electron chi connectivity index (χ1n) is 4.56. The lowest BCUT2D eigenvalue weighted by Crippen LogP contribution is -2.30. The van der Waals surface area contributed by atoms with Gasteiger partial charge >= 0.3 is 0 Å². The number of ketones is 1. The molecule has 0 fully saturated rings. The maximum atomic E-state index is 11.6. The predicted octanol–water partition coefficient (Wildman–Crippen LogP) is 1.22. The van der Waals surface area contributed by atoms with Gasteiger partial charge < -0.3 is 14.9 Å². The molecule has 0 saturated heterocycles. The van der Waals surface area contributed by atoms with Crippen LogP contribution in [0.2, 0.25) is 0 Å². The Hall–Kier alpha value is -1.13. The molecular weight excluding hydrogens is 182 g/mol. The zero-order valence-electron chi connectivity index (χ0n) is 8.23. The third-order valence-corrected chi connectivity index (χ3v) is 2.01. The SMILES string of the molecule is COCCCC(N)C(=O)c1ccoc1. The highest BCUT2D eigenvalue weighted by Gasteiger charge is 2.15. The molecule has 1 aromatic heterocycles. The van der Waals surface area contributed by atoms with E-state index >= 15 is 0 Å². The van der Waals surface area contributed by atoms with Crippen LogP contribution in [0.25, 0.3) is 0 Å². The van der Waals surface area contributed by atoms with E-state index in [0.29, 0.717) is 18.6 Å². The average molecular weight is 197 g/mol. The Morgan fingerprint density at radius 2 is 2.50 bits per heavy atom. The van der Waals surface area contributed by atoms with E-state index < -0.39 is 6.04 Å². The molecule has 0 aliphatic heterocycles. The van der Waals surface area contributed by atoms with Crippen LogP contribution in [0.15, 0.2) is 23.0 Å². The lowest BCUT2D eigenvalue weighted by molar-refractivity contribution is 0.0950. The van der Waals surface area contributed by atoms with Gasteiger partial charge in [0.1, 0.15) is 6.26 Å². The summed E-state index contributed by atoms with van der Waals surface area (Å²) in [6, 6.07) is 1.17. The molecule has 1 rings (SSSR count). The van der Waals surface area contributed by atoms with Gasteiger partial charge in [-0.1, -0.05) is 0 Å². The Kier molecular flexibility index (Phi) is 4.35. The third kappa shape index (κ3) is 2.97. The molecule has 0 spiro atoms. The van der Waals surface area contributed by atoms with Crippen molar-refractivity contribution >= 4 is 5.78 Å². The first kappa shape index (κ1) is 10.9. The molecule has 0 saturated carbocycles. The lowest BCUT2D eigenvalue weighted by Gasteiger charge is -2.07. The van der Waals surface area contributed by atoms with Gasteiger partial charge in [-0.15, -0.1) is 0 Å². The fraction of sp³-hybridized carbons (Fsp3) is 0.500. The normalized spacial score (nSPS) is 12.7. The second-order valence-electron chi connectivity index (χ2n) is 3.12. The Labute approximate surface area is 83.0 Å². The van der Waals surface area contributed by atoms with Gasteiger partial charge in [0.2, 0.25) is 0 Å². The van der Waals surface area contributed by atoms with Crippen LogP contribution < -0.4 is 5.73 Å². The molecular formula is C10H15NO3. The van der Waals surface area contributed by atoms with Crippen molar-refractivity contribution in [3.8, 4) is 0 Å². The molecule has 2 N–H and O–H groups in total. The number of methoxy groups -OCH3 is 1. The number of ether oxygens (including phenoxy) is 1. The number of carbonyl (C=O) groups is 1. The summed E-state index contributed by atoms with van der Waals surface area (Å²) in [7, 11) is 1.63. The Balaban J connectivity index is 2.37. The predicted molar refractivity (Wildman–Crippen MR) is 52.1 cm³/mol. The monoisotopic (exact) mass is 197 g/mol. The smallest absolute Gasteiger partial charge is 0.182 e. The fourth-order valence-electron chi connectivity index (χ4n) is 1.20. The largest absolute Gasteiger partial charge is 0.472 e. The zero-order chi connectivity index (χ0) is 10.4. The van der Waals surface area contributed by atoms with E-state index in [1.165, 1.54) is 12.5 Å². The minimum atomic E-state index is -0.456. The van der Waals surface area contributed by atoms with Crippen molar-refractivity contribution in [3.63, 3.8) is 0 Å². The van der Waals surface area contributed by atoms with Gasteiger partial charge in [-0.2, -0.15) is 0 Å². The molecule has 0 amide bonds. The van der Waals surface area contributed by atoms with Crippen molar-refractivity contribution in [2.24, 2.45) is 5.73 Å². The molecule has 78 valence electrons. The Morgan fingerprint density at radius 1 is 1.71 bits per heavy atom. The number of furan rings is 1. The van der Waals surface area contributed by atoms with Gasteiger partial charge in [0.05, 0.1) is 17.9 Å². The number of hydrogen-bond donors (Lipinski definition) is 1. The maximum Gasteiger partial charge on any atom is 0.182 e. The number of nitrogens with two attached hydrogens (primary N) is 1. The van der Waals surface area contributed by atoms with Gasteiger partial charge in [-0.05, 0) is 18.9 Å². The van der Waals surface area contributed by atoms with Crippen LogP contribution in [0.5, 0.6) is 0 Å². The summed E-state index contributed by atoms with van der Waals surface area (Å²) in [5.41, 5.74) is 6.24. The van der Waals surface area contributed by atoms with Crippen molar-refractivity contribution in [1.82, 2.24) is 0 Å². The summed E-state index contributed by atoms with van der Waals surface area (Å²) >= 11 is 0. The van der Waals surface area contributed by atoms with Gasteiger partial charge in [0, 0.05) is 13.7 Å². The Morgan fingerprint density at radius 3 is 3.07 bits per heavy atom. The van der Waals surface area contributed by atoms with Gasteiger partial charge in [-0.3, -0.25) is 4.79 Å². The molecule has 1 unspecified atom stereocenters. The van der Waals surface area contributed by atoms with Crippen LogP contribution in [-0.2, 0) is 4.74 Å². The van der Waals surface area contributed by atoms with Gasteiger partial charge in [0.15, 0.2) is 5.78 Å². The second kappa shape index (κ2) is 5.57. The average Bonchev–Trinajstić information content (AvgIpc) is 2.69. The molecule has 4 heteroatoms. The molecule has 1 heterocycles. The number of Topliss-reactive ketones (excluding diaryl/α,β-unsaturated/α-hetero) is 1. The lowest BCUT2D eigenvalue weighted by atomic mass is 10.0. The first-order valence-corrected chi connectivity index (χ1v) is 4.56. The van der Waals surface area contributed by atoms with Crippen LogP contribution in [-0.4, -0.2) is 25.5 Å². The highest BCUT2D eigenvalue weighted by Crippen LogP contribution is 2.06. The summed E-state index contributed by atoms with van der Waals surface area (Å²) in [5, 5.41) is 0. The van der Waals surface area contributed by atoms with E-state index in [0.717, 1.165) is 6.42 Å². The second-order valence-corrected chi connectivity index (χ2v) is 3.12. The summed E-state index contributed by atoms with van der Waals surface area (Å²) < 4.78 is 9.69. The fourth-order valence-corrected chi connectivity index (χ4v) is 1.20. The molecule has 0 aliphatic rings. The molecule has 14 heavy (non-hydrogen) atoms. The van der Waals surface area contributed by atoms with Crippen molar-refractivity contribution in [3.05, 3.63) is 24.2 Å². The van der Waals surface area contributed by atoms with E-state index in [1.54, 1.807) is 13.2 Å². The standard InChI is InChI=1S/C10H15NO3/c1-13-5-2-3-9(11)10(12)8-4-6-14-7-8/h4,6-7,9H,2-3,5,11H2,1H3. The summed E-state index contributed by atoms with van der Waals surface area (Å²) in [4.78, 5) is 11.6. The van der Waals surface area contributed by atoms with Crippen molar-refractivity contribution in [2.45, 2.75) is 18.9 Å². The number of hydrogen-bond acceptors (Lipinski definition) is 4. The minimum Gasteiger partial charge on any atom is -0.472 e. The van der Waals surface area contributed by atoms with Crippen LogP contribution in [0.1, 0.15) is 23.2 Å². The maximum absolute atomic E-state index is 11.6. The molecule has 0 radical (unpaired) electrons. The summed E-state index contributed by atoms with van der Waals surface area (Å²) in [6.45, 7) is 0.631. The zero-order valence-corrected chi connectivity index (χ0v) is 8.23. The molecule has 4 nitrogen and oxygen atoms in total. The highest BCUT2D eigenvalue weighted by atomic mass is 16.5. The van der Waals surface area contributed by atoms with Crippen molar-refractivity contribution in [2.75, 3.05) is 13.7 Å². The molecule has 0 aromatic carbocycles. The van der Waals surface area contributed by atoms with Crippen molar-refractivity contribution < 1.29 is 13.9 Å². The quantitative estimate of drug-likeness (QED) is 0.550. The molecule has 1 atom stereocenters. The summed E-state index contributed by atoms with van der Waals surface area (Å²) in [5.74, 6) is -0.0742. The minimum absolute atomic E-state index is 0.0742. The van der Waals surface area contributed by atoms with Crippen LogP contribution in [0.4, 0.5) is 0 Å². The van der Waals surface area contributed by atoms with E-state index in [-0.39, 0.29) is 5.78 Å². The Bertz CT molecular complexity index is 269. The molecule has 0 bridgehead atoms. The van der Waals surface area contributed by atoms with E-state index in [2.05, 4.69) is 0 Å². The van der Waals surface area contributed by atoms with Crippen LogP contribution >= 0.6 is 0 Å². The van der Waals surface area contributed by atoms with E-state index in [1.807, 2.05) is 0 Å². The van der Waals surface area contributed by atoms with E-state index in [4.69, 9.17) is 14.9 Å². The van der Waals surface area contributed by atoms with E-state index in [9.17, 15) is 4.79 Å². The number of carbonyl (C=O) groups excluding carboxylic acids is 1. The molecule has 0 aliphatic carbocycles. The number of rotatable bonds is 6.